The summed E-state index contributed by atoms with van der Waals surface area (Å²) in [6.07, 6.45) is 8.45. The van der Waals surface area contributed by atoms with E-state index in [1.807, 2.05) is 0 Å². The first kappa shape index (κ1) is 13.0. The van der Waals surface area contributed by atoms with E-state index in [9.17, 15) is 4.79 Å². The van der Waals surface area contributed by atoms with E-state index < -0.39 is 0 Å². The third-order valence-electron chi connectivity index (χ3n) is 3.15. The van der Waals surface area contributed by atoms with Gasteiger partial charge in [0.1, 0.15) is 0 Å². The maximum absolute atomic E-state index is 10.5. The number of rotatable bonds is 6. The highest BCUT2D eigenvalue weighted by Crippen LogP contribution is 2.23. The molecule has 92 valence electrons. The Hall–Kier alpha value is -1.06. The van der Waals surface area contributed by atoms with Gasteiger partial charge < -0.3 is 11.5 Å². The number of amidine groups is 1. The van der Waals surface area contributed by atoms with Crippen molar-refractivity contribution in [1.29, 1.82) is 0 Å². The van der Waals surface area contributed by atoms with Crippen LogP contribution in [0.25, 0.3) is 0 Å². The lowest BCUT2D eigenvalue weighted by Gasteiger charge is -2.20. The third-order valence-corrected chi connectivity index (χ3v) is 3.15. The van der Waals surface area contributed by atoms with E-state index >= 15 is 0 Å². The van der Waals surface area contributed by atoms with E-state index in [1.54, 1.807) is 0 Å². The monoisotopic (exact) mass is 225 g/mol. The Balaban J connectivity index is 2.14. The first-order valence-electron chi connectivity index (χ1n) is 6.28. The van der Waals surface area contributed by atoms with Crippen molar-refractivity contribution in [3.8, 4) is 0 Å². The van der Waals surface area contributed by atoms with Gasteiger partial charge in [-0.25, -0.2) is 0 Å². The molecular formula is C12H23N3O. The van der Waals surface area contributed by atoms with Gasteiger partial charge >= 0.3 is 0 Å². The zero-order valence-corrected chi connectivity index (χ0v) is 9.95. The fraction of sp³-hybridized carbons (Fsp3) is 0.833. The fourth-order valence-electron chi connectivity index (χ4n) is 2.15. The first-order valence-corrected chi connectivity index (χ1v) is 6.28. The van der Waals surface area contributed by atoms with Crippen molar-refractivity contribution < 1.29 is 4.79 Å². The minimum absolute atomic E-state index is 0.232. The Labute approximate surface area is 97.5 Å². The summed E-state index contributed by atoms with van der Waals surface area (Å²) in [6.45, 7) is 0.732. The van der Waals surface area contributed by atoms with Crippen LogP contribution in [-0.2, 0) is 4.79 Å². The smallest absolute Gasteiger partial charge is 0.217 e. The second-order valence-electron chi connectivity index (χ2n) is 4.56. The molecule has 0 bridgehead atoms. The number of unbranched alkanes of at least 4 members (excludes halogenated alkanes) is 1. The number of aliphatic imine (C=N–C) groups is 1. The number of primary amides is 1. The lowest BCUT2D eigenvalue weighted by molar-refractivity contribution is -0.118. The predicted molar refractivity (Wildman–Crippen MR) is 66.1 cm³/mol. The summed E-state index contributed by atoms with van der Waals surface area (Å²) in [7, 11) is 0. The zero-order valence-electron chi connectivity index (χ0n) is 9.95. The van der Waals surface area contributed by atoms with E-state index in [2.05, 4.69) is 4.99 Å². The number of amides is 1. The van der Waals surface area contributed by atoms with Crippen molar-refractivity contribution in [2.75, 3.05) is 6.54 Å². The molecule has 0 aromatic carbocycles. The van der Waals surface area contributed by atoms with Crippen LogP contribution in [0.2, 0.25) is 0 Å². The molecule has 16 heavy (non-hydrogen) atoms. The molecule has 0 aromatic rings. The molecule has 0 atom stereocenters. The first-order chi connectivity index (χ1) is 7.70. The summed E-state index contributed by atoms with van der Waals surface area (Å²) in [5.41, 5.74) is 11.0. The number of nitrogens with two attached hydrogens (primary N) is 2. The van der Waals surface area contributed by atoms with Gasteiger partial charge in [0, 0.05) is 18.9 Å². The van der Waals surface area contributed by atoms with Crippen LogP contribution in [0, 0.1) is 5.92 Å². The van der Waals surface area contributed by atoms with Crippen LogP contribution in [-0.4, -0.2) is 18.3 Å². The molecule has 0 unspecified atom stereocenters. The van der Waals surface area contributed by atoms with Crippen LogP contribution in [0.15, 0.2) is 4.99 Å². The molecule has 0 heterocycles. The van der Waals surface area contributed by atoms with Gasteiger partial charge in [-0.2, -0.15) is 0 Å². The van der Waals surface area contributed by atoms with E-state index in [0.29, 0.717) is 12.3 Å². The zero-order chi connectivity index (χ0) is 11.8. The number of carbonyl (C=O) groups excluding carboxylic acids is 1. The van der Waals surface area contributed by atoms with E-state index in [0.717, 1.165) is 25.2 Å². The van der Waals surface area contributed by atoms with Gasteiger partial charge in [0.05, 0.1) is 5.84 Å². The van der Waals surface area contributed by atoms with Crippen molar-refractivity contribution in [2.24, 2.45) is 22.4 Å². The van der Waals surface area contributed by atoms with Crippen LogP contribution < -0.4 is 11.5 Å². The average molecular weight is 225 g/mol. The standard InChI is InChI=1S/C12H23N3O/c13-11(16)8-4-5-9-15-12(14)10-6-2-1-3-7-10/h10H,1-9H2,(H2,13,16)(H2,14,15). The Bertz CT molecular complexity index is 245. The molecule has 1 aliphatic rings. The van der Waals surface area contributed by atoms with Gasteiger partial charge in [-0.3, -0.25) is 9.79 Å². The largest absolute Gasteiger partial charge is 0.387 e. The number of carbonyl (C=O) groups is 1. The molecule has 0 radical (unpaired) electrons. The summed E-state index contributed by atoms with van der Waals surface area (Å²) in [4.78, 5) is 14.9. The summed E-state index contributed by atoms with van der Waals surface area (Å²) >= 11 is 0. The molecule has 0 saturated heterocycles. The highest BCUT2D eigenvalue weighted by atomic mass is 16.1. The highest BCUT2D eigenvalue weighted by Gasteiger charge is 2.16. The molecule has 1 aliphatic carbocycles. The summed E-state index contributed by atoms with van der Waals surface area (Å²) in [5.74, 6) is 1.09. The fourth-order valence-corrected chi connectivity index (χ4v) is 2.15. The number of hydrogen-bond acceptors (Lipinski definition) is 2. The molecule has 0 aromatic heterocycles. The van der Waals surface area contributed by atoms with Crippen LogP contribution in [0.3, 0.4) is 0 Å². The molecule has 0 spiro atoms. The number of hydrogen-bond donors (Lipinski definition) is 2. The molecule has 1 amide bonds. The quantitative estimate of drug-likeness (QED) is 0.409. The summed E-state index contributed by atoms with van der Waals surface area (Å²) in [5, 5.41) is 0. The lowest BCUT2D eigenvalue weighted by atomic mass is 9.88. The van der Waals surface area contributed by atoms with Crippen LogP contribution in [0.5, 0.6) is 0 Å². The average Bonchev–Trinajstić information content (AvgIpc) is 2.29. The Kier molecular flexibility index (Phi) is 5.90. The molecule has 0 aliphatic heterocycles. The minimum atomic E-state index is -0.232. The number of nitrogens with zero attached hydrogens (tertiary/aromatic N) is 1. The Morgan fingerprint density at radius 3 is 2.44 bits per heavy atom. The van der Waals surface area contributed by atoms with Crippen molar-refractivity contribution in [1.82, 2.24) is 0 Å². The van der Waals surface area contributed by atoms with E-state index in [1.165, 1.54) is 32.1 Å². The van der Waals surface area contributed by atoms with Crippen LogP contribution in [0.4, 0.5) is 0 Å². The Morgan fingerprint density at radius 2 is 1.81 bits per heavy atom. The Morgan fingerprint density at radius 1 is 1.12 bits per heavy atom. The van der Waals surface area contributed by atoms with Crippen LogP contribution in [0.1, 0.15) is 51.4 Å². The van der Waals surface area contributed by atoms with Crippen molar-refractivity contribution >= 4 is 11.7 Å². The molecule has 1 rings (SSSR count). The highest BCUT2D eigenvalue weighted by molar-refractivity contribution is 5.82. The summed E-state index contributed by atoms with van der Waals surface area (Å²) in [6, 6.07) is 0. The van der Waals surface area contributed by atoms with Gasteiger partial charge in [-0.1, -0.05) is 19.3 Å². The molecule has 4 heteroatoms. The molecule has 1 saturated carbocycles. The second kappa shape index (κ2) is 7.25. The van der Waals surface area contributed by atoms with Crippen molar-refractivity contribution in [3.63, 3.8) is 0 Å². The SMILES string of the molecule is NC(=O)CCCCN=C(N)C1CCCCC1. The van der Waals surface area contributed by atoms with Gasteiger partial charge in [0.2, 0.25) is 5.91 Å². The maximum Gasteiger partial charge on any atom is 0.217 e. The predicted octanol–water partition coefficient (Wildman–Crippen LogP) is 1.58. The lowest BCUT2D eigenvalue weighted by Crippen LogP contribution is -2.26. The molecule has 4 nitrogen and oxygen atoms in total. The normalized spacial score (nSPS) is 18.6. The van der Waals surface area contributed by atoms with Crippen LogP contribution >= 0.6 is 0 Å². The van der Waals surface area contributed by atoms with Gasteiger partial charge in [0.15, 0.2) is 0 Å². The van der Waals surface area contributed by atoms with Gasteiger partial charge in [-0.15, -0.1) is 0 Å². The minimum Gasteiger partial charge on any atom is -0.387 e. The summed E-state index contributed by atoms with van der Waals surface area (Å²) < 4.78 is 0. The van der Waals surface area contributed by atoms with Crippen molar-refractivity contribution in [2.45, 2.75) is 51.4 Å². The van der Waals surface area contributed by atoms with Gasteiger partial charge in [-0.05, 0) is 25.7 Å². The van der Waals surface area contributed by atoms with E-state index in [-0.39, 0.29) is 5.91 Å². The van der Waals surface area contributed by atoms with Crippen molar-refractivity contribution in [3.05, 3.63) is 0 Å². The van der Waals surface area contributed by atoms with E-state index in [4.69, 9.17) is 11.5 Å². The third kappa shape index (κ3) is 5.14. The maximum atomic E-state index is 10.5. The molecule has 4 N–H and O–H groups in total. The van der Waals surface area contributed by atoms with Gasteiger partial charge in [0.25, 0.3) is 0 Å². The molecular weight excluding hydrogens is 202 g/mol. The molecule has 1 fully saturated rings. The topological polar surface area (TPSA) is 81.5 Å². The second-order valence-corrected chi connectivity index (χ2v) is 4.56.